The summed E-state index contributed by atoms with van der Waals surface area (Å²) in [4.78, 5) is 14.1. The molecule has 4 nitrogen and oxygen atoms in total. The van der Waals surface area contributed by atoms with Gasteiger partial charge in [-0.3, -0.25) is 4.79 Å². The molecule has 0 radical (unpaired) electrons. The summed E-state index contributed by atoms with van der Waals surface area (Å²) in [6.45, 7) is 8.17. The molecule has 2 rings (SSSR count). The fraction of sp³-hybridized carbons (Fsp3) is 0.562. The minimum atomic E-state index is 0.132. The number of nitrogens with one attached hydrogen (secondary N) is 1. The van der Waals surface area contributed by atoms with Gasteiger partial charge in [-0.1, -0.05) is 18.2 Å². The van der Waals surface area contributed by atoms with Gasteiger partial charge in [-0.25, -0.2) is 0 Å². The van der Waals surface area contributed by atoms with Crippen molar-refractivity contribution < 1.29 is 9.53 Å². The number of amides is 1. The molecule has 0 bridgehead atoms. The van der Waals surface area contributed by atoms with Gasteiger partial charge >= 0.3 is 0 Å². The van der Waals surface area contributed by atoms with Crippen LogP contribution < -0.4 is 5.32 Å². The number of carbonyl (C=O) groups is 1. The molecule has 2 unspecified atom stereocenters. The van der Waals surface area contributed by atoms with E-state index in [1.807, 2.05) is 36.9 Å². The lowest BCUT2D eigenvalue weighted by Gasteiger charge is -2.35. The predicted molar refractivity (Wildman–Crippen MR) is 80.9 cm³/mol. The summed E-state index contributed by atoms with van der Waals surface area (Å²) in [5, 5.41) is 3.33. The maximum absolute atomic E-state index is 12.2. The van der Waals surface area contributed by atoms with Crippen LogP contribution in [-0.2, 0) is 9.53 Å². The summed E-state index contributed by atoms with van der Waals surface area (Å²) in [5.41, 5.74) is 2.30. The van der Waals surface area contributed by atoms with Crippen molar-refractivity contribution >= 4 is 11.6 Å². The van der Waals surface area contributed by atoms with Gasteiger partial charge in [0.15, 0.2) is 0 Å². The highest BCUT2D eigenvalue weighted by molar-refractivity contribution is 5.77. The molecule has 1 amide bonds. The summed E-state index contributed by atoms with van der Waals surface area (Å²) in [6.07, 6.45) is 0.785. The van der Waals surface area contributed by atoms with Crippen molar-refractivity contribution in [1.29, 1.82) is 0 Å². The van der Waals surface area contributed by atoms with Gasteiger partial charge in [0, 0.05) is 31.7 Å². The summed E-state index contributed by atoms with van der Waals surface area (Å²) < 4.78 is 5.65. The number of hydrogen-bond donors (Lipinski definition) is 1. The monoisotopic (exact) mass is 276 g/mol. The van der Waals surface area contributed by atoms with Crippen LogP contribution >= 0.6 is 0 Å². The topological polar surface area (TPSA) is 41.6 Å². The number of hydrogen-bond acceptors (Lipinski definition) is 3. The fourth-order valence-electron chi connectivity index (χ4n) is 2.61. The lowest BCUT2D eigenvalue weighted by atomic mass is 10.2. The van der Waals surface area contributed by atoms with E-state index in [1.165, 1.54) is 5.56 Å². The highest BCUT2D eigenvalue weighted by atomic mass is 16.5. The SMILES string of the molecule is Cc1ccccc1NCCC(=O)N1CC(C)OC(C)C1. The molecule has 2 atom stereocenters. The summed E-state index contributed by atoms with van der Waals surface area (Å²) >= 11 is 0. The lowest BCUT2D eigenvalue weighted by Crippen LogP contribution is -2.48. The Bertz CT molecular complexity index is 452. The van der Waals surface area contributed by atoms with Crippen molar-refractivity contribution in [3.05, 3.63) is 29.8 Å². The molecule has 4 heteroatoms. The second-order valence-corrected chi connectivity index (χ2v) is 5.55. The molecule has 1 heterocycles. The Morgan fingerprint density at radius 3 is 2.60 bits per heavy atom. The van der Waals surface area contributed by atoms with Crippen molar-refractivity contribution in [2.75, 3.05) is 25.0 Å². The van der Waals surface area contributed by atoms with Gasteiger partial charge in [0.25, 0.3) is 0 Å². The van der Waals surface area contributed by atoms with Crippen LogP contribution in [0.25, 0.3) is 0 Å². The smallest absolute Gasteiger partial charge is 0.224 e. The standard InChI is InChI=1S/C16H24N2O2/c1-12-6-4-5-7-15(12)17-9-8-16(19)18-10-13(2)20-14(3)11-18/h4-7,13-14,17H,8-11H2,1-3H3. The molecule has 110 valence electrons. The second kappa shape index (κ2) is 6.75. The Labute approximate surface area is 121 Å². The first-order valence-corrected chi connectivity index (χ1v) is 7.29. The Hall–Kier alpha value is -1.55. The number of nitrogens with zero attached hydrogens (tertiary/aromatic N) is 1. The third-order valence-electron chi connectivity index (χ3n) is 3.57. The number of carbonyl (C=O) groups excluding carboxylic acids is 1. The van der Waals surface area contributed by atoms with E-state index in [1.54, 1.807) is 0 Å². The summed E-state index contributed by atoms with van der Waals surface area (Å²) in [5.74, 6) is 0.202. The quantitative estimate of drug-likeness (QED) is 0.918. The van der Waals surface area contributed by atoms with E-state index >= 15 is 0 Å². The van der Waals surface area contributed by atoms with Crippen LogP contribution in [0.5, 0.6) is 0 Å². The predicted octanol–water partition coefficient (Wildman–Crippen LogP) is 2.43. The van der Waals surface area contributed by atoms with E-state index in [2.05, 4.69) is 18.3 Å². The Morgan fingerprint density at radius 1 is 1.30 bits per heavy atom. The van der Waals surface area contributed by atoms with E-state index in [9.17, 15) is 4.79 Å². The third kappa shape index (κ3) is 3.97. The van der Waals surface area contributed by atoms with Crippen LogP contribution in [0.15, 0.2) is 24.3 Å². The molecule has 1 aliphatic rings. The van der Waals surface area contributed by atoms with Crippen molar-refractivity contribution in [2.24, 2.45) is 0 Å². The normalized spacial score (nSPS) is 22.6. The maximum Gasteiger partial charge on any atom is 0.224 e. The van der Waals surface area contributed by atoms with Crippen LogP contribution in [-0.4, -0.2) is 42.6 Å². The first kappa shape index (κ1) is 14.9. The van der Waals surface area contributed by atoms with Crippen LogP contribution in [0.2, 0.25) is 0 Å². The molecule has 1 N–H and O–H groups in total. The van der Waals surface area contributed by atoms with Crippen molar-refractivity contribution in [1.82, 2.24) is 4.90 Å². The number of ether oxygens (including phenoxy) is 1. The molecule has 1 aromatic carbocycles. The second-order valence-electron chi connectivity index (χ2n) is 5.55. The molecule has 0 aliphatic carbocycles. The van der Waals surface area contributed by atoms with Gasteiger partial charge in [0.1, 0.15) is 0 Å². The molecule has 1 fully saturated rings. The van der Waals surface area contributed by atoms with Crippen LogP contribution in [0.4, 0.5) is 5.69 Å². The fourth-order valence-corrected chi connectivity index (χ4v) is 2.61. The first-order chi connectivity index (χ1) is 9.56. The van der Waals surface area contributed by atoms with Gasteiger partial charge in [0.05, 0.1) is 12.2 Å². The lowest BCUT2D eigenvalue weighted by molar-refractivity contribution is -0.142. The van der Waals surface area contributed by atoms with E-state index in [0.717, 1.165) is 5.69 Å². The van der Waals surface area contributed by atoms with Gasteiger partial charge < -0.3 is 15.0 Å². The number of morpholine rings is 1. The van der Waals surface area contributed by atoms with Gasteiger partial charge in [-0.2, -0.15) is 0 Å². The molecule has 0 saturated carbocycles. The Balaban J connectivity index is 1.79. The van der Waals surface area contributed by atoms with Gasteiger partial charge in [0.2, 0.25) is 5.91 Å². The molecule has 0 aromatic heterocycles. The number of para-hydroxylation sites is 1. The Kier molecular flexibility index (Phi) is 5.01. The zero-order valence-corrected chi connectivity index (χ0v) is 12.6. The molecule has 0 spiro atoms. The van der Waals surface area contributed by atoms with Crippen molar-refractivity contribution in [3.8, 4) is 0 Å². The number of rotatable bonds is 4. The van der Waals surface area contributed by atoms with E-state index < -0.39 is 0 Å². The average Bonchev–Trinajstić information content (AvgIpc) is 2.39. The minimum Gasteiger partial charge on any atom is -0.384 e. The van der Waals surface area contributed by atoms with Crippen molar-refractivity contribution in [2.45, 2.75) is 39.4 Å². The summed E-state index contributed by atoms with van der Waals surface area (Å²) in [7, 11) is 0. The zero-order chi connectivity index (χ0) is 14.5. The Morgan fingerprint density at radius 2 is 1.95 bits per heavy atom. The number of benzene rings is 1. The van der Waals surface area contributed by atoms with Crippen molar-refractivity contribution in [3.63, 3.8) is 0 Å². The number of anilines is 1. The highest BCUT2D eigenvalue weighted by Crippen LogP contribution is 2.14. The zero-order valence-electron chi connectivity index (χ0n) is 12.6. The maximum atomic E-state index is 12.2. The van der Waals surface area contributed by atoms with E-state index in [-0.39, 0.29) is 18.1 Å². The molecule has 1 aliphatic heterocycles. The first-order valence-electron chi connectivity index (χ1n) is 7.29. The highest BCUT2D eigenvalue weighted by Gasteiger charge is 2.25. The molecular formula is C16H24N2O2. The molecular weight excluding hydrogens is 252 g/mol. The summed E-state index contributed by atoms with van der Waals surface area (Å²) in [6, 6.07) is 8.12. The average molecular weight is 276 g/mol. The minimum absolute atomic E-state index is 0.132. The van der Waals surface area contributed by atoms with E-state index in [4.69, 9.17) is 4.74 Å². The largest absolute Gasteiger partial charge is 0.384 e. The van der Waals surface area contributed by atoms with E-state index in [0.29, 0.717) is 26.1 Å². The molecule has 1 aromatic rings. The van der Waals surface area contributed by atoms with Crippen LogP contribution in [0, 0.1) is 6.92 Å². The van der Waals surface area contributed by atoms with Crippen LogP contribution in [0.1, 0.15) is 25.8 Å². The van der Waals surface area contributed by atoms with Gasteiger partial charge in [-0.05, 0) is 32.4 Å². The number of aryl methyl sites for hydroxylation is 1. The van der Waals surface area contributed by atoms with Gasteiger partial charge in [-0.15, -0.1) is 0 Å². The molecule has 20 heavy (non-hydrogen) atoms. The van der Waals surface area contributed by atoms with Crippen LogP contribution in [0.3, 0.4) is 0 Å². The third-order valence-corrected chi connectivity index (χ3v) is 3.57. The molecule has 1 saturated heterocycles.